The molecule has 1 atom stereocenters. The molecule has 2 N–H and O–H groups in total. The van der Waals surface area contributed by atoms with Gasteiger partial charge in [0.25, 0.3) is 0 Å². The van der Waals surface area contributed by atoms with E-state index in [4.69, 9.17) is 0 Å². The van der Waals surface area contributed by atoms with Crippen molar-refractivity contribution in [3.63, 3.8) is 0 Å². The summed E-state index contributed by atoms with van der Waals surface area (Å²) >= 11 is 0. The number of fused-ring (bicyclic) bond motifs is 1. The van der Waals surface area contributed by atoms with E-state index >= 15 is 0 Å². The summed E-state index contributed by atoms with van der Waals surface area (Å²) in [5, 5.41) is 14.4. The standard InChI is InChI=1S/C20H25NO/c1-12-9-13(2)18-14(10-12)11-17(21-18)15-7-6-8-16(19(15)22)20(3,4)5/h6-10,17,21-22H,11H2,1-5H3. The van der Waals surface area contributed by atoms with Gasteiger partial charge in [-0.2, -0.15) is 0 Å². The van der Waals surface area contributed by atoms with E-state index in [9.17, 15) is 5.11 Å². The molecule has 0 fully saturated rings. The number of rotatable bonds is 1. The molecule has 0 radical (unpaired) electrons. The van der Waals surface area contributed by atoms with Gasteiger partial charge in [-0.25, -0.2) is 0 Å². The minimum atomic E-state index is -0.0575. The molecule has 116 valence electrons. The van der Waals surface area contributed by atoms with Crippen LogP contribution in [0.3, 0.4) is 0 Å². The largest absolute Gasteiger partial charge is 0.507 e. The summed E-state index contributed by atoms with van der Waals surface area (Å²) in [6, 6.07) is 10.7. The fraction of sp³-hybridized carbons (Fsp3) is 0.400. The van der Waals surface area contributed by atoms with Crippen molar-refractivity contribution < 1.29 is 5.11 Å². The van der Waals surface area contributed by atoms with Gasteiger partial charge >= 0.3 is 0 Å². The van der Waals surface area contributed by atoms with Gasteiger partial charge in [-0.3, -0.25) is 0 Å². The maximum Gasteiger partial charge on any atom is 0.124 e. The molecule has 0 bridgehead atoms. The van der Waals surface area contributed by atoms with Crippen LogP contribution in [-0.4, -0.2) is 5.11 Å². The SMILES string of the molecule is Cc1cc(C)c2c(c1)CC(c1cccc(C(C)(C)C)c1O)N2. The predicted molar refractivity (Wildman–Crippen MR) is 92.8 cm³/mol. The van der Waals surface area contributed by atoms with Gasteiger partial charge in [0.1, 0.15) is 5.75 Å². The fourth-order valence-corrected chi connectivity index (χ4v) is 3.50. The molecule has 22 heavy (non-hydrogen) atoms. The summed E-state index contributed by atoms with van der Waals surface area (Å²) in [6.45, 7) is 10.7. The molecule has 0 aliphatic carbocycles. The average Bonchev–Trinajstić information content (AvgIpc) is 2.81. The Hall–Kier alpha value is -1.96. The summed E-state index contributed by atoms with van der Waals surface area (Å²) in [6.07, 6.45) is 0.930. The molecule has 1 unspecified atom stereocenters. The third kappa shape index (κ3) is 2.47. The Kier molecular flexibility index (Phi) is 3.43. The maximum atomic E-state index is 10.7. The van der Waals surface area contributed by atoms with Gasteiger partial charge in [-0.15, -0.1) is 0 Å². The second kappa shape index (κ2) is 5.05. The van der Waals surface area contributed by atoms with Gasteiger partial charge in [0, 0.05) is 11.3 Å². The summed E-state index contributed by atoms with van der Waals surface area (Å²) in [5.41, 5.74) is 7.11. The van der Waals surface area contributed by atoms with Crippen molar-refractivity contribution >= 4 is 5.69 Å². The first kappa shape index (κ1) is 15.0. The zero-order valence-electron chi connectivity index (χ0n) is 14.1. The van der Waals surface area contributed by atoms with E-state index in [0.29, 0.717) is 5.75 Å². The van der Waals surface area contributed by atoms with Gasteiger partial charge in [0.2, 0.25) is 0 Å². The second-order valence-corrected chi connectivity index (χ2v) is 7.51. The first-order chi connectivity index (χ1) is 10.3. The van der Waals surface area contributed by atoms with Crippen LogP contribution in [0.4, 0.5) is 5.69 Å². The van der Waals surface area contributed by atoms with Crippen molar-refractivity contribution in [1.29, 1.82) is 0 Å². The number of nitrogens with one attached hydrogen (secondary N) is 1. The topological polar surface area (TPSA) is 32.3 Å². The highest BCUT2D eigenvalue weighted by Crippen LogP contribution is 2.42. The van der Waals surface area contributed by atoms with E-state index in [1.54, 1.807) is 0 Å². The molecule has 0 spiro atoms. The normalized spacial score (nSPS) is 17.2. The highest BCUT2D eigenvalue weighted by atomic mass is 16.3. The molecule has 2 heteroatoms. The number of aromatic hydroxyl groups is 1. The van der Waals surface area contributed by atoms with E-state index < -0.39 is 0 Å². The molecule has 1 heterocycles. The van der Waals surface area contributed by atoms with Gasteiger partial charge in [-0.05, 0) is 42.4 Å². The number of phenolic OH excluding ortho intramolecular Hbond substituents is 1. The van der Waals surface area contributed by atoms with Crippen molar-refractivity contribution in [3.8, 4) is 5.75 Å². The van der Waals surface area contributed by atoms with Crippen molar-refractivity contribution in [2.24, 2.45) is 0 Å². The van der Waals surface area contributed by atoms with Crippen LogP contribution in [0.2, 0.25) is 0 Å². The van der Waals surface area contributed by atoms with Crippen molar-refractivity contribution in [3.05, 3.63) is 58.1 Å². The molecule has 0 aromatic heterocycles. The molecule has 1 aliphatic rings. The summed E-state index contributed by atoms with van der Waals surface area (Å²) in [4.78, 5) is 0. The number of para-hydroxylation sites is 1. The first-order valence-electron chi connectivity index (χ1n) is 7.96. The Morgan fingerprint density at radius 2 is 1.86 bits per heavy atom. The monoisotopic (exact) mass is 295 g/mol. The average molecular weight is 295 g/mol. The van der Waals surface area contributed by atoms with Crippen LogP contribution >= 0.6 is 0 Å². The number of aryl methyl sites for hydroxylation is 2. The molecule has 0 amide bonds. The van der Waals surface area contributed by atoms with Gasteiger partial charge < -0.3 is 10.4 Å². The van der Waals surface area contributed by atoms with Crippen molar-refractivity contribution in [1.82, 2.24) is 0 Å². The van der Waals surface area contributed by atoms with Crippen LogP contribution in [0.5, 0.6) is 5.75 Å². The van der Waals surface area contributed by atoms with Gasteiger partial charge in [-0.1, -0.05) is 56.7 Å². The molecule has 2 aromatic rings. The van der Waals surface area contributed by atoms with E-state index in [-0.39, 0.29) is 11.5 Å². The highest BCUT2D eigenvalue weighted by molar-refractivity contribution is 5.65. The summed E-state index contributed by atoms with van der Waals surface area (Å²) < 4.78 is 0. The lowest BCUT2D eigenvalue weighted by Crippen LogP contribution is -2.14. The van der Waals surface area contributed by atoms with Crippen LogP contribution in [0.25, 0.3) is 0 Å². The lowest BCUT2D eigenvalue weighted by Gasteiger charge is -2.24. The zero-order chi connectivity index (χ0) is 16.1. The molecular weight excluding hydrogens is 270 g/mol. The van der Waals surface area contributed by atoms with E-state index in [0.717, 1.165) is 17.5 Å². The Labute approximate surface area is 133 Å². The van der Waals surface area contributed by atoms with Crippen LogP contribution in [0.15, 0.2) is 30.3 Å². The fourth-order valence-electron chi connectivity index (χ4n) is 3.50. The first-order valence-corrected chi connectivity index (χ1v) is 7.96. The molecule has 2 nitrogen and oxygen atoms in total. The smallest absolute Gasteiger partial charge is 0.124 e. The predicted octanol–water partition coefficient (Wildman–Crippen LogP) is 5.02. The molecule has 0 saturated carbocycles. The van der Waals surface area contributed by atoms with Crippen molar-refractivity contribution in [2.75, 3.05) is 5.32 Å². The Bertz CT molecular complexity index is 725. The number of benzene rings is 2. The minimum absolute atomic E-state index is 0.0575. The molecule has 1 aliphatic heterocycles. The molecule has 2 aromatic carbocycles. The van der Waals surface area contributed by atoms with Crippen LogP contribution < -0.4 is 5.32 Å². The summed E-state index contributed by atoms with van der Waals surface area (Å²) in [7, 11) is 0. The second-order valence-electron chi connectivity index (χ2n) is 7.51. The van der Waals surface area contributed by atoms with Crippen LogP contribution in [0, 0.1) is 13.8 Å². The minimum Gasteiger partial charge on any atom is -0.507 e. The third-order valence-electron chi connectivity index (χ3n) is 4.55. The van der Waals surface area contributed by atoms with Crippen LogP contribution in [0.1, 0.15) is 54.6 Å². The quantitative estimate of drug-likeness (QED) is 0.774. The Morgan fingerprint density at radius 1 is 1.14 bits per heavy atom. The van der Waals surface area contributed by atoms with E-state index in [1.165, 1.54) is 22.4 Å². The zero-order valence-corrected chi connectivity index (χ0v) is 14.1. The lowest BCUT2D eigenvalue weighted by atomic mass is 9.84. The van der Waals surface area contributed by atoms with Gasteiger partial charge in [0.05, 0.1) is 6.04 Å². The highest BCUT2D eigenvalue weighted by Gasteiger charge is 2.28. The number of anilines is 1. The number of hydrogen-bond acceptors (Lipinski definition) is 2. The third-order valence-corrected chi connectivity index (χ3v) is 4.55. The Balaban J connectivity index is 2.00. The summed E-state index contributed by atoms with van der Waals surface area (Å²) in [5.74, 6) is 0.440. The van der Waals surface area contributed by atoms with E-state index in [1.807, 2.05) is 12.1 Å². The van der Waals surface area contributed by atoms with E-state index in [2.05, 4.69) is 58.1 Å². The van der Waals surface area contributed by atoms with Crippen LogP contribution in [-0.2, 0) is 11.8 Å². The number of phenols is 1. The Morgan fingerprint density at radius 3 is 2.55 bits per heavy atom. The van der Waals surface area contributed by atoms with Gasteiger partial charge in [0.15, 0.2) is 0 Å². The van der Waals surface area contributed by atoms with Crippen molar-refractivity contribution in [2.45, 2.75) is 52.5 Å². The maximum absolute atomic E-state index is 10.7. The molecule has 0 saturated heterocycles. The molecular formula is C20H25NO. The molecule has 3 rings (SSSR count). The number of hydrogen-bond donors (Lipinski definition) is 2. The lowest BCUT2D eigenvalue weighted by molar-refractivity contribution is 0.437.